The lowest BCUT2D eigenvalue weighted by atomic mass is 9.92. The molecule has 1 aliphatic heterocycles. The van der Waals surface area contributed by atoms with Crippen LogP contribution >= 0.6 is 23.2 Å². The summed E-state index contributed by atoms with van der Waals surface area (Å²) in [6.07, 6.45) is 0. The molecule has 1 unspecified atom stereocenters. The van der Waals surface area contributed by atoms with Crippen LogP contribution in [0.15, 0.2) is 42.0 Å². The van der Waals surface area contributed by atoms with Gasteiger partial charge >= 0.3 is 12.0 Å². The number of aromatic hydroxyl groups is 2. The summed E-state index contributed by atoms with van der Waals surface area (Å²) in [4.78, 5) is 24.8. The lowest BCUT2D eigenvalue weighted by Crippen LogP contribution is -2.45. The highest BCUT2D eigenvalue weighted by molar-refractivity contribution is 6.38. The zero-order valence-corrected chi connectivity index (χ0v) is 15.4. The molecular formula is C18H14Cl2N2O5. The van der Waals surface area contributed by atoms with Crippen LogP contribution in [0.2, 0.25) is 10.0 Å². The van der Waals surface area contributed by atoms with Crippen LogP contribution in [0.5, 0.6) is 11.5 Å². The third kappa shape index (κ3) is 3.39. The summed E-state index contributed by atoms with van der Waals surface area (Å²) in [5.74, 6) is -1.75. The Hall–Kier alpha value is -2.90. The van der Waals surface area contributed by atoms with Crippen LogP contribution in [0.1, 0.15) is 17.2 Å². The van der Waals surface area contributed by atoms with Crippen LogP contribution in [0.3, 0.4) is 0 Å². The highest BCUT2D eigenvalue weighted by atomic mass is 35.5. The van der Waals surface area contributed by atoms with Gasteiger partial charge in [-0.3, -0.25) is 0 Å². The summed E-state index contributed by atoms with van der Waals surface area (Å²) in [6.45, 7) is 0. The molecule has 140 valence electrons. The quantitative estimate of drug-likeness (QED) is 0.582. The average Bonchev–Trinajstić information content (AvgIpc) is 2.68. The third-order valence-electron chi connectivity index (χ3n) is 4.05. The number of methoxy groups -OCH3 is 1. The fraction of sp³-hybridized carbons (Fsp3) is 0.111. The molecule has 1 aliphatic rings. The number of rotatable bonds is 3. The molecule has 7 nitrogen and oxygen atoms in total. The second-order valence-corrected chi connectivity index (χ2v) is 6.42. The van der Waals surface area contributed by atoms with Crippen molar-refractivity contribution < 1.29 is 24.5 Å². The van der Waals surface area contributed by atoms with Gasteiger partial charge in [0.2, 0.25) is 0 Å². The van der Waals surface area contributed by atoms with Crippen molar-refractivity contribution in [3.05, 3.63) is 63.1 Å². The van der Waals surface area contributed by atoms with Crippen molar-refractivity contribution in [3.8, 4) is 11.5 Å². The maximum atomic E-state index is 12.5. The highest BCUT2D eigenvalue weighted by Gasteiger charge is 2.36. The first-order valence-corrected chi connectivity index (χ1v) is 8.46. The Labute approximate surface area is 164 Å². The number of nitrogens with one attached hydrogen (secondary N) is 2. The minimum Gasteiger partial charge on any atom is -0.506 e. The van der Waals surface area contributed by atoms with E-state index in [9.17, 15) is 19.8 Å². The molecule has 0 fully saturated rings. The maximum Gasteiger partial charge on any atom is 0.338 e. The number of carbonyl (C=O) groups excluding carboxylic acids is 2. The molecule has 1 heterocycles. The highest BCUT2D eigenvalue weighted by Crippen LogP contribution is 2.45. The molecule has 2 amide bonds. The molecule has 0 saturated carbocycles. The summed E-state index contributed by atoms with van der Waals surface area (Å²) in [5, 5.41) is 24.8. The van der Waals surface area contributed by atoms with Gasteiger partial charge in [-0.2, -0.15) is 0 Å². The number of carbonyl (C=O) groups is 2. The minimum atomic E-state index is -1.11. The summed E-state index contributed by atoms with van der Waals surface area (Å²) in [6, 6.07) is 8.18. The molecule has 2 aromatic carbocycles. The van der Waals surface area contributed by atoms with Crippen LogP contribution in [-0.2, 0) is 9.53 Å². The van der Waals surface area contributed by atoms with Crippen LogP contribution in [0.4, 0.5) is 4.79 Å². The van der Waals surface area contributed by atoms with Crippen molar-refractivity contribution in [2.75, 3.05) is 7.11 Å². The zero-order chi connectivity index (χ0) is 19.7. The Kier molecular flexibility index (Phi) is 5.16. The number of halogens is 2. The number of hydrogen-bond donors (Lipinski definition) is 4. The Morgan fingerprint density at radius 1 is 1.15 bits per heavy atom. The van der Waals surface area contributed by atoms with Crippen molar-refractivity contribution in [1.29, 1.82) is 0 Å². The lowest BCUT2D eigenvalue weighted by molar-refractivity contribution is -0.136. The first-order chi connectivity index (χ1) is 12.8. The molecule has 3 rings (SSSR count). The maximum absolute atomic E-state index is 12.5. The van der Waals surface area contributed by atoms with E-state index in [4.69, 9.17) is 27.9 Å². The first kappa shape index (κ1) is 18.9. The van der Waals surface area contributed by atoms with Crippen molar-refractivity contribution in [2.24, 2.45) is 0 Å². The van der Waals surface area contributed by atoms with Gasteiger partial charge in [0.1, 0.15) is 10.8 Å². The molecule has 9 heteroatoms. The van der Waals surface area contributed by atoms with Crippen molar-refractivity contribution in [2.45, 2.75) is 6.04 Å². The number of phenolic OH excluding ortho intramolecular Hbond substituents is 2. The van der Waals surface area contributed by atoms with Crippen molar-refractivity contribution in [1.82, 2.24) is 10.6 Å². The van der Waals surface area contributed by atoms with Crippen LogP contribution in [0, 0.1) is 0 Å². The van der Waals surface area contributed by atoms with E-state index in [2.05, 4.69) is 10.6 Å². The van der Waals surface area contributed by atoms with Crippen molar-refractivity contribution in [3.63, 3.8) is 0 Å². The number of phenols is 2. The first-order valence-electron chi connectivity index (χ1n) is 7.70. The summed E-state index contributed by atoms with van der Waals surface area (Å²) in [7, 11) is 1.20. The molecule has 0 aromatic heterocycles. The smallest absolute Gasteiger partial charge is 0.338 e. The van der Waals surface area contributed by atoms with Gasteiger partial charge in [-0.05, 0) is 11.6 Å². The van der Waals surface area contributed by atoms with E-state index in [1.54, 1.807) is 30.3 Å². The Bertz CT molecular complexity index is 960. The molecular weight excluding hydrogens is 395 g/mol. The molecule has 27 heavy (non-hydrogen) atoms. The minimum absolute atomic E-state index is 0.0338. The molecule has 0 bridgehead atoms. The average molecular weight is 409 g/mol. The van der Waals surface area contributed by atoms with E-state index in [0.29, 0.717) is 5.56 Å². The predicted octanol–water partition coefficient (Wildman–Crippen LogP) is 3.34. The van der Waals surface area contributed by atoms with Gasteiger partial charge in [0.25, 0.3) is 0 Å². The van der Waals surface area contributed by atoms with Gasteiger partial charge in [0, 0.05) is 5.56 Å². The van der Waals surface area contributed by atoms with Gasteiger partial charge in [0.15, 0.2) is 5.75 Å². The molecule has 1 atom stereocenters. The summed E-state index contributed by atoms with van der Waals surface area (Å²) >= 11 is 11.9. The van der Waals surface area contributed by atoms with Gasteiger partial charge in [0.05, 0.1) is 29.4 Å². The second kappa shape index (κ2) is 7.38. The number of hydrogen-bond acceptors (Lipinski definition) is 5. The molecule has 0 aliphatic carbocycles. The van der Waals surface area contributed by atoms with Crippen LogP contribution in [-0.4, -0.2) is 29.3 Å². The predicted molar refractivity (Wildman–Crippen MR) is 99.6 cm³/mol. The third-order valence-corrected chi connectivity index (χ3v) is 4.69. The molecule has 4 N–H and O–H groups in total. The van der Waals surface area contributed by atoms with Crippen LogP contribution in [0.25, 0.3) is 5.70 Å². The number of esters is 1. The topological polar surface area (TPSA) is 108 Å². The zero-order valence-electron chi connectivity index (χ0n) is 13.9. The molecule has 0 radical (unpaired) electrons. The number of benzene rings is 2. The summed E-state index contributed by atoms with van der Waals surface area (Å²) in [5.41, 5.74) is 0.854. The molecule has 0 spiro atoms. The van der Waals surface area contributed by atoms with Gasteiger partial charge in [-0.15, -0.1) is 0 Å². The monoisotopic (exact) mass is 408 g/mol. The lowest BCUT2D eigenvalue weighted by Gasteiger charge is -2.30. The van der Waals surface area contributed by atoms with Gasteiger partial charge in [-0.1, -0.05) is 53.5 Å². The van der Waals surface area contributed by atoms with E-state index in [1.165, 1.54) is 13.2 Å². The Morgan fingerprint density at radius 3 is 2.44 bits per heavy atom. The van der Waals surface area contributed by atoms with E-state index in [1.807, 2.05) is 0 Å². The van der Waals surface area contributed by atoms with E-state index < -0.39 is 34.6 Å². The normalized spacial score (nSPS) is 16.6. The number of urea groups is 1. The molecule has 2 aromatic rings. The molecule has 0 saturated heterocycles. The Balaban J connectivity index is 2.28. The van der Waals surface area contributed by atoms with E-state index >= 15 is 0 Å². The van der Waals surface area contributed by atoms with Gasteiger partial charge < -0.3 is 25.6 Å². The largest absolute Gasteiger partial charge is 0.506 e. The van der Waals surface area contributed by atoms with Gasteiger partial charge in [-0.25, -0.2) is 9.59 Å². The number of amides is 2. The fourth-order valence-corrected chi connectivity index (χ4v) is 3.27. The standard InChI is InChI=1S/C18H14Cl2N2O5/c1-27-17(25)11-13(8-5-3-2-4-6-8)21-18(26)22-14(11)9-7-10(19)16(24)12(20)15(9)23/h2-7,14,23-24H,1H3,(H2,21,22,26). The number of ether oxygens (including phenoxy) is 1. The second-order valence-electron chi connectivity index (χ2n) is 5.64. The fourth-order valence-electron chi connectivity index (χ4n) is 2.80. The summed E-state index contributed by atoms with van der Waals surface area (Å²) < 4.78 is 4.87. The van der Waals surface area contributed by atoms with Crippen LogP contribution < -0.4 is 10.6 Å². The Morgan fingerprint density at radius 2 is 1.81 bits per heavy atom. The SMILES string of the molecule is COC(=O)C1=C(c2ccccc2)NC(=O)NC1c1cc(Cl)c(O)c(Cl)c1O. The van der Waals surface area contributed by atoms with E-state index in [-0.39, 0.29) is 21.9 Å². The van der Waals surface area contributed by atoms with E-state index in [0.717, 1.165) is 0 Å². The van der Waals surface area contributed by atoms with Crippen molar-refractivity contribution >= 4 is 40.9 Å².